The van der Waals surface area contributed by atoms with Gasteiger partial charge in [-0.3, -0.25) is 4.90 Å². The molecule has 0 unspecified atom stereocenters. The molecule has 2 N–H and O–H groups in total. The van der Waals surface area contributed by atoms with Crippen molar-refractivity contribution >= 4 is 27.9 Å². The van der Waals surface area contributed by atoms with E-state index in [2.05, 4.69) is 17.0 Å². The summed E-state index contributed by atoms with van der Waals surface area (Å²) in [6, 6.07) is 10.2. The summed E-state index contributed by atoms with van der Waals surface area (Å²) in [6.45, 7) is 2.61. The minimum absolute atomic E-state index is 0.650. The lowest BCUT2D eigenvalue weighted by molar-refractivity contribution is 0.249. The first-order valence-corrected chi connectivity index (χ1v) is 7.64. The number of anilines is 1. The molecular formula is C15H14ClN3S. The fourth-order valence-corrected chi connectivity index (χ4v) is 3.91. The normalized spacial score (nSPS) is 14.8. The predicted molar refractivity (Wildman–Crippen MR) is 82.7 cm³/mol. The summed E-state index contributed by atoms with van der Waals surface area (Å²) >= 11 is 7.75. The van der Waals surface area contributed by atoms with Crippen molar-refractivity contribution in [3.05, 3.63) is 50.9 Å². The Balaban J connectivity index is 1.80. The second-order valence-corrected chi connectivity index (χ2v) is 6.45. The zero-order valence-electron chi connectivity index (χ0n) is 10.9. The second kappa shape index (κ2) is 5.45. The molecule has 0 saturated heterocycles. The zero-order valence-corrected chi connectivity index (χ0v) is 12.5. The topological polar surface area (TPSA) is 53.1 Å². The molecule has 3 nitrogen and oxygen atoms in total. The molecule has 2 heterocycles. The van der Waals surface area contributed by atoms with Gasteiger partial charge in [-0.05, 0) is 23.6 Å². The summed E-state index contributed by atoms with van der Waals surface area (Å²) in [4.78, 5) is 3.57. The van der Waals surface area contributed by atoms with Crippen LogP contribution in [0.15, 0.2) is 24.3 Å². The van der Waals surface area contributed by atoms with Crippen molar-refractivity contribution in [2.24, 2.45) is 0 Å². The average molecular weight is 304 g/mol. The quantitative estimate of drug-likeness (QED) is 0.925. The first-order chi connectivity index (χ1) is 9.69. The molecule has 1 aliphatic heterocycles. The van der Waals surface area contributed by atoms with Crippen LogP contribution in [0.4, 0.5) is 5.00 Å². The van der Waals surface area contributed by atoms with Gasteiger partial charge in [-0.15, -0.1) is 11.3 Å². The number of thiophene rings is 1. The molecule has 1 aromatic heterocycles. The molecule has 3 rings (SSSR count). The number of halogens is 1. The molecule has 0 radical (unpaired) electrons. The number of nitrogens with zero attached hydrogens (tertiary/aromatic N) is 2. The number of rotatable bonds is 2. The van der Waals surface area contributed by atoms with Crippen LogP contribution in [0.2, 0.25) is 5.02 Å². The Kier molecular flexibility index (Phi) is 3.66. The van der Waals surface area contributed by atoms with E-state index in [9.17, 15) is 0 Å². The molecule has 2 aromatic rings. The van der Waals surface area contributed by atoms with Gasteiger partial charge in [-0.25, -0.2) is 0 Å². The van der Waals surface area contributed by atoms with Crippen LogP contribution in [0.25, 0.3) is 0 Å². The smallest absolute Gasteiger partial charge is 0.104 e. The minimum atomic E-state index is 0.650. The molecule has 0 amide bonds. The van der Waals surface area contributed by atoms with Gasteiger partial charge < -0.3 is 5.73 Å². The molecule has 1 aromatic carbocycles. The Morgan fingerprint density at radius 1 is 1.40 bits per heavy atom. The fourth-order valence-electron chi connectivity index (χ4n) is 2.60. The van der Waals surface area contributed by atoms with E-state index < -0.39 is 0 Å². The van der Waals surface area contributed by atoms with E-state index in [0.717, 1.165) is 42.2 Å². The van der Waals surface area contributed by atoms with E-state index in [1.54, 1.807) is 11.3 Å². The summed E-state index contributed by atoms with van der Waals surface area (Å²) in [5.74, 6) is 0. The predicted octanol–water partition coefficient (Wildman–Crippen LogP) is 3.41. The maximum Gasteiger partial charge on any atom is 0.104 e. The van der Waals surface area contributed by atoms with Gasteiger partial charge in [-0.1, -0.05) is 29.8 Å². The largest absolute Gasteiger partial charge is 0.389 e. The van der Waals surface area contributed by atoms with Crippen LogP contribution in [0.3, 0.4) is 0 Å². The van der Waals surface area contributed by atoms with E-state index in [1.165, 1.54) is 4.88 Å². The van der Waals surface area contributed by atoms with E-state index in [4.69, 9.17) is 22.6 Å². The van der Waals surface area contributed by atoms with E-state index >= 15 is 0 Å². The number of hydrogen-bond acceptors (Lipinski definition) is 4. The van der Waals surface area contributed by atoms with Crippen molar-refractivity contribution < 1.29 is 0 Å². The van der Waals surface area contributed by atoms with Crippen molar-refractivity contribution in [3.63, 3.8) is 0 Å². The molecular weight excluding hydrogens is 290 g/mol. The summed E-state index contributed by atoms with van der Waals surface area (Å²) < 4.78 is 0. The average Bonchev–Trinajstić information content (AvgIpc) is 2.76. The van der Waals surface area contributed by atoms with E-state index in [-0.39, 0.29) is 0 Å². The lowest BCUT2D eigenvalue weighted by Gasteiger charge is -2.27. The highest BCUT2D eigenvalue weighted by atomic mass is 35.5. The Morgan fingerprint density at radius 2 is 2.20 bits per heavy atom. The van der Waals surface area contributed by atoms with Gasteiger partial charge in [0.1, 0.15) is 11.1 Å². The fraction of sp³-hybridized carbons (Fsp3) is 0.267. The number of hydrogen-bond donors (Lipinski definition) is 1. The number of fused-ring (bicyclic) bond motifs is 1. The SMILES string of the molecule is N#Cc1c(N)sc2c1CCN(Cc1ccccc1Cl)C2. The molecule has 1 aliphatic rings. The number of nitrogens with two attached hydrogens (primary N) is 1. The maximum atomic E-state index is 9.15. The molecule has 0 saturated carbocycles. The third-order valence-corrected chi connectivity index (χ3v) is 5.04. The van der Waals surface area contributed by atoms with Crippen LogP contribution in [0.5, 0.6) is 0 Å². The van der Waals surface area contributed by atoms with Crippen LogP contribution in [-0.2, 0) is 19.5 Å². The van der Waals surface area contributed by atoms with Gasteiger partial charge in [-0.2, -0.15) is 5.26 Å². The van der Waals surface area contributed by atoms with Crippen LogP contribution in [0, 0.1) is 11.3 Å². The summed E-state index contributed by atoms with van der Waals surface area (Å²) in [7, 11) is 0. The standard InChI is InChI=1S/C15H14ClN3S/c16-13-4-2-1-3-10(13)8-19-6-5-11-12(7-17)15(18)20-14(11)9-19/h1-4H,5-6,8-9,18H2. The lowest BCUT2D eigenvalue weighted by Crippen LogP contribution is -2.29. The minimum Gasteiger partial charge on any atom is -0.389 e. The first-order valence-electron chi connectivity index (χ1n) is 6.45. The van der Waals surface area contributed by atoms with Gasteiger partial charge in [0, 0.05) is 29.5 Å². The van der Waals surface area contributed by atoms with Crippen LogP contribution < -0.4 is 5.73 Å². The summed E-state index contributed by atoms with van der Waals surface area (Å²) in [5, 5.41) is 10.6. The van der Waals surface area contributed by atoms with E-state index in [0.29, 0.717) is 10.6 Å². The van der Waals surface area contributed by atoms with Gasteiger partial charge >= 0.3 is 0 Å². The molecule has 102 valence electrons. The van der Waals surface area contributed by atoms with Crippen LogP contribution in [0.1, 0.15) is 21.6 Å². The Labute approximate surface area is 127 Å². The van der Waals surface area contributed by atoms with Crippen molar-refractivity contribution in [1.29, 1.82) is 5.26 Å². The van der Waals surface area contributed by atoms with Crippen molar-refractivity contribution in [2.75, 3.05) is 12.3 Å². The van der Waals surface area contributed by atoms with Gasteiger partial charge in [0.25, 0.3) is 0 Å². The van der Waals surface area contributed by atoms with Gasteiger partial charge in [0.2, 0.25) is 0 Å². The van der Waals surface area contributed by atoms with Crippen molar-refractivity contribution in [1.82, 2.24) is 4.90 Å². The number of benzene rings is 1. The third kappa shape index (κ3) is 2.40. The van der Waals surface area contributed by atoms with Crippen LogP contribution in [-0.4, -0.2) is 11.4 Å². The highest BCUT2D eigenvalue weighted by molar-refractivity contribution is 7.16. The number of nitrogen functional groups attached to an aromatic ring is 1. The lowest BCUT2D eigenvalue weighted by atomic mass is 10.0. The second-order valence-electron chi connectivity index (χ2n) is 4.91. The molecule has 0 spiro atoms. The van der Waals surface area contributed by atoms with Crippen molar-refractivity contribution in [2.45, 2.75) is 19.5 Å². The van der Waals surface area contributed by atoms with Crippen molar-refractivity contribution in [3.8, 4) is 6.07 Å². The molecule has 5 heteroatoms. The van der Waals surface area contributed by atoms with Crippen LogP contribution >= 0.6 is 22.9 Å². The Bertz CT molecular complexity index is 687. The van der Waals surface area contributed by atoms with Gasteiger partial charge in [0.15, 0.2) is 0 Å². The molecule has 0 atom stereocenters. The third-order valence-electron chi connectivity index (χ3n) is 3.63. The molecule has 0 bridgehead atoms. The molecule has 0 fully saturated rings. The van der Waals surface area contributed by atoms with E-state index in [1.807, 2.05) is 18.2 Å². The molecule has 20 heavy (non-hydrogen) atoms. The Hall–Kier alpha value is -1.54. The van der Waals surface area contributed by atoms with Gasteiger partial charge in [0.05, 0.1) is 5.56 Å². The maximum absolute atomic E-state index is 9.15. The summed E-state index contributed by atoms with van der Waals surface area (Å²) in [6.07, 6.45) is 0.885. The summed E-state index contributed by atoms with van der Waals surface area (Å²) in [5.41, 5.74) is 8.88. The molecule has 0 aliphatic carbocycles. The Morgan fingerprint density at radius 3 is 2.95 bits per heavy atom. The highest BCUT2D eigenvalue weighted by Gasteiger charge is 2.23. The zero-order chi connectivity index (χ0) is 14.1. The monoisotopic (exact) mass is 303 g/mol. The first kappa shape index (κ1) is 13.4. The number of nitriles is 1. The highest BCUT2D eigenvalue weighted by Crippen LogP contribution is 2.35.